The van der Waals surface area contributed by atoms with Gasteiger partial charge in [0.25, 0.3) is 0 Å². The third-order valence-electron chi connectivity index (χ3n) is 5.25. The van der Waals surface area contributed by atoms with Gasteiger partial charge >= 0.3 is 5.97 Å². The summed E-state index contributed by atoms with van der Waals surface area (Å²) in [6, 6.07) is 10.2. The molecule has 2 heterocycles. The van der Waals surface area contributed by atoms with Gasteiger partial charge in [0.15, 0.2) is 5.16 Å². The zero-order valence-electron chi connectivity index (χ0n) is 17.2. The molecular weight excluding hydrogens is 382 g/mol. The number of allylic oxidation sites excluding steroid dienone is 1. The lowest BCUT2D eigenvalue weighted by Crippen LogP contribution is -2.48. The molecule has 29 heavy (non-hydrogen) atoms. The van der Waals surface area contributed by atoms with E-state index in [1.165, 1.54) is 11.8 Å². The molecule has 1 saturated heterocycles. The highest BCUT2D eigenvalue weighted by Crippen LogP contribution is 2.36. The summed E-state index contributed by atoms with van der Waals surface area (Å²) in [7, 11) is 0. The SMILES string of the molecule is CCOC(=O)C1(C/C=C/c2ccccc2)CCCN(Cc2cnc(SC)nc2)C1. The van der Waals surface area contributed by atoms with Crippen LogP contribution < -0.4 is 0 Å². The lowest BCUT2D eigenvalue weighted by Gasteiger charge is -2.40. The second kappa shape index (κ2) is 10.6. The van der Waals surface area contributed by atoms with Crippen LogP contribution in [-0.4, -0.2) is 46.8 Å². The predicted octanol–water partition coefficient (Wildman–Crippen LogP) is 4.45. The van der Waals surface area contributed by atoms with Gasteiger partial charge in [-0.2, -0.15) is 0 Å². The van der Waals surface area contributed by atoms with Crippen LogP contribution >= 0.6 is 11.8 Å². The van der Waals surface area contributed by atoms with E-state index in [0.717, 1.165) is 42.2 Å². The summed E-state index contributed by atoms with van der Waals surface area (Å²) in [5.74, 6) is -0.0867. The van der Waals surface area contributed by atoms with Gasteiger partial charge in [-0.1, -0.05) is 54.2 Å². The predicted molar refractivity (Wildman–Crippen MR) is 117 cm³/mol. The maximum Gasteiger partial charge on any atom is 0.313 e. The minimum atomic E-state index is -0.500. The van der Waals surface area contributed by atoms with Crippen LogP contribution in [0.4, 0.5) is 0 Å². The molecule has 0 saturated carbocycles. The molecule has 1 aromatic heterocycles. The second-order valence-corrected chi connectivity index (χ2v) is 8.18. The van der Waals surface area contributed by atoms with Crippen LogP contribution in [0.5, 0.6) is 0 Å². The number of likely N-dealkylation sites (tertiary alicyclic amines) is 1. The van der Waals surface area contributed by atoms with Gasteiger partial charge in [0, 0.05) is 31.0 Å². The molecule has 0 amide bonds. The minimum Gasteiger partial charge on any atom is -0.466 e. The van der Waals surface area contributed by atoms with Gasteiger partial charge in [-0.25, -0.2) is 9.97 Å². The number of hydrogen-bond acceptors (Lipinski definition) is 6. The number of piperidine rings is 1. The van der Waals surface area contributed by atoms with E-state index >= 15 is 0 Å². The molecule has 0 aliphatic carbocycles. The number of carbonyl (C=O) groups is 1. The average Bonchev–Trinajstić information content (AvgIpc) is 2.75. The largest absolute Gasteiger partial charge is 0.466 e. The molecule has 1 aliphatic rings. The topological polar surface area (TPSA) is 55.3 Å². The van der Waals surface area contributed by atoms with Crippen LogP contribution in [0.2, 0.25) is 0 Å². The van der Waals surface area contributed by atoms with E-state index < -0.39 is 5.41 Å². The van der Waals surface area contributed by atoms with Gasteiger partial charge in [0.1, 0.15) is 0 Å². The Morgan fingerprint density at radius 3 is 2.72 bits per heavy atom. The van der Waals surface area contributed by atoms with Crippen LogP contribution in [0.1, 0.15) is 37.3 Å². The fourth-order valence-electron chi connectivity index (χ4n) is 3.84. The van der Waals surface area contributed by atoms with Crippen LogP contribution in [0.3, 0.4) is 0 Å². The molecule has 1 aromatic carbocycles. The molecule has 1 aliphatic heterocycles. The molecule has 1 atom stereocenters. The van der Waals surface area contributed by atoms with E-state index in [1.54, 1.807) is 0 Å². The third kappa shape index (κ3) is 5.90. The molecule has 0 bridgehead atoms. The Kier molecular flexibility index (Phi) is 7.83. The van der Waals surface area contributed by atoms with Crippen LogP contribution in [0.15, 0.2) is 54.0 Å². The molecule has 1 fully saturated rings. The number of ether oxygens (including phenoxy) is 1. The summed E-state index contributed by atoms with van der Waals surface area (Å²) in [6.45, 7) is 4.69. The quantitative estimate of drug-likeness (QED) is 0.363. The van der Waals surface area contributed by atoms with Gasteiger partial charge in [-0.3, -0.25) is 9.69 Å². The highest BCUT2D eigenvalue weighted by Gasteiger charge is 2.42. The maximum atomic E-state index is 12.9. The highest BCUT2D eigenvalue weighted by molar-refractivity contribution is 7.98. The van der Waals surface area contributed by atoms with Crippen molar-refractivity contribution in [1.82, 2.24) is 14.9 Å². The fourth-order valence-corrected chi connectivity index (χ4v) is 4.15. The lowest BCUT2D eigenvalue weighted by molar-refractivity contribution is -0.159. The van der Waals surface area contributed by atoms with E-state index in [9.17, 15) is 4.79 Å². The summed E-state index contributed by atoms with van der Waals surface area (Å²) in [4.78, 5) is 24.0. The Morgan fingerprint density at radius 1 is 1.28 bits per heavy atom. The van der Waals surface area contributed by atoms with Gasteiger partial charge in [0.05, 0.1) is 12.0 Å². The summed E-state index contributed by atoms with van der Waals surface area (Å²) < 4.78 is 5.49. The molecule has 3 rings (SSSR count). The van der Waals surface area contributed by atoms with Crippen LogP contribution in [-0.2, 0) is 16.1 Å². The Hall–Kier alpha value is -2.18. The van der Waals surface area contributed by atoms with E-state index in [0.29, 0.717) is 19.6 Å². The Labute approximate surface area is 177 Å². The summed E-state index contributed by atoms with van der Waals surface area (Å²) in [5.41, 5.74) is 1.71. The molecule has 154 valence electrons. The number of aromatic nitrogens is 2. The molecule has 0 spiro atoms. The third-order valence-corrected chi connectivity index (χ3v) is 5.83. The van der Waals surface area contributed by atoms with Crippen LogP contribution in [0, 0.1) is 5.41 Å². The number of hydrogen-bond donors (Lipinski definition) is 0. The number of rotatable bonds is 8. The summed E-state index contributed by atoms with van der Waals surface area (Å²) in [6.07, 6.45) is 12.4. The van der Waals surface area contributed by atoms with Crippen LogP contribution in [0.25, 0.3) is 6.08 Å². The molecular formula is C23H29N3O2S. The van der Waals surface area contributed by atoms with Crippen molar-refractivity contribution >= 4 is 23.8 Å². The minimum absolute atomic E-state index is 0.0867. The molecule has 6 heteroatoms. The monoisotopic (exact) mass is 411 g/mol. The zero-order valence-corrected chi connectivity index (χ0v) is 18.0. The average molecular weight is 412 g/mol. The fraction of sp³-hybridized carbons (Fsp3) is 0.435. The van der Waals surface area contributed by atoms with Crippen molar-refractivity contribution in [2.75, 3.05) is 26.0 Å². The van der Waals surface area contributed by atoms with Gasteiger partial charge in [-0.05, 0) is 44.6 Å². The first-order chi connectivity index (χ1) is 14.1. The van der Waals surface area contributed by atoms with E-state index in [-0.39, 0.29) is 5.97 Å². The standard InChI is InChI=1S/C23H29N3O2S/c1-3-28-21(27)23(12-7-11-19-9-5-4-6-10-19)13-8-14-26(18-23)17-20-15-24-22(29-2)25-16-20/h4-7,9-11,15-16H,3,8,12-14,17-18H2,1-2H3/b11-7+. The van der Waals surface area contributed by atoms with E-state index in [4.69, 9.17) is 4.74 Å². The lowest BCUT2D eigenvalue weighted by atomic mass is 9.76. The van der Waals surface area contributed by atoms with Crippen molar-refractivity contribution in [1.29, 1.82) is 0 Å². The van der Waals surface area contributed by atoms with E-state index in [1.807, 2.05) is 43.8 Å². The Balaban J connectivity index is 1.72. The van der Waals surface area contributed by atoms with Gasteiger partial charge in [0.2, 0.25) is 0 Å². The highest BCUT2D eigenvalue weighted by atomic mass is 32.2. The number of esters is 1. The molecule has 0 N–H and O–H groups in total. The number of thioether (sulfide) groups is 1. The maximum absolute atomic E-state index is 12.9. The smallest absolute Gasteiger partial charge is 0.313 e. The Bertz CT molecular complexity index is 811. The van der Waals surface area contributed by atoms with Crippen molar-refractivity contribution in [2.45, 2.75) is 37.9 Å². The van der Waals surface area contributed by atoms with Crippen molar-refractivity contribution in [3.8, 4) is 0 Å². The molecule has 1 unspecified atom stereocenters. The first-order valence-corrected chi connectivity index (χ1v) is 11.3. The first kappa shape index (κ1) is 21.5. The van der Waals surface area contributed by atoms with Crippen molar-refractivity contribution in [2.24, 2.45) is 5.41 Å². The van der Waals surface area contributed by atoms with Crippen molar-refractivity contribution < 1.29 is 9.53 Å². The van der Waals surface area contributed by atoms with Crippen molar-refractivity contribution in [3.63, 3.8) is 0 Å². The van der Waals surface area contributed by atoms with Gasteiger partial charge in [-0.15, -0.1) is 0 Å². The number of benzene rings is 1. The normalized spacial score (nSPS) is 20.1. The summed E-state index contributed by atoms with van der Waals surface area (Å²) in [5, 5.41) is 0.777. The second-order valence-electron chi connectivity index (χ2n) is 7.41. The number of nitrogens with zero attached hydrogens (tertiary/aromatic N) is 3. The van der Waals surface area contributed by atoms with E-state index in [2.05, 4.69) is 39.2 Å². The summed E-state index contributed by atoms with van der Waals surface area (Å²) >= 11 is 1.54. The molecule has 2 aromatic rings. The van der Waals surface area contributed by atoms with Gasteiger partial charge < -0.3 is 4.74 Å². The Morgan fingerprint density at radius 2 is 2.03 bits per heavy atom. The van der Waals surface area contributed by atoms with Crippen molar-refractivity contribution in [3.05, 3.63) is 59.9 Å². The number of carbonyl (C=O) groups excluding carboxylic acids is 1. The molecule has 5 nitrogen and oxygen atoms in total. The molecule has 0 radical (unpaired) electrons. The first-order valence-electron chi connectivity index (χ1n) is 10.1. The zero-order chi connectivity index (χ0) is 20.5.